The first kappa shape index (κ1) is 7.93. The minimum atomic E-state index is -4.07. The van der Waals surface area contributed by atoms with Crippen LogP contribution in [0.3, 0.4) is 0 Å². The Morgan fingerprint density at radius 2 is 2.20 bits per heavy atom. The van der Waals surface area contributed by atoms with Gasteiger partial charge in [-0.25, -0.2) is 9.78 Å². The van der Waals surface area contributed by atoms with Crippen LogP contribution in [0.4, 0.5) is 0 Å². The molecule has 0 saturated carbocycles. The van der Waals surface area contributed by atoms with Crippen molar-refractivity contribution in [2.24, 2.45) is 0 Å². The Bertz CT molecular complexity index is 190. The molecule has 0 spiro atoms. The standard InChI is InChI=1S/C4H8O5S/c5-10(6,7)4-2-1-3-8-9-4/h4H,1-3H2,(H,5,6,7). The van der Waals surface area contributed by atoms with Crippen molar-refractivity contribution in [1.29, 1.82) is 0 Å². The van der Waals surface area contributed by atoms with E-state index in [1.807, 2.05) is 0 Å². The van der Waals surface area contributed by atoms with Crippen LogP contribution in [0.15, 0.2) is 0 Å². The summed E-state index contributed by atoms with van der Waals surface area (Å²) in [5.74, 6) is 0. The van der Waals surface area contributed by atoms with Crippen molar-refractivity contribution in [3.63, 3.8) is 0 Å². The normalized spacial score (nSPS) is 28.3. The lowest BCUT2D eigenvalue weighted by molar-refractivity contribution is -0.325. The highest BCUT2D eigenvalue weighted by molar-refractivity contribution is 7.86. The van der Waals surface area contributed by atoms with Gasteiger partial charge in [-0.1, -0.05) is 0 Å². The molecule has 0 aromatic carbocycles. The van der Waals surface area contributed by atoms with E-state index < -0.39 is 15.6 Å². The van der Waals surface area contributed by atoms with Crippen LogP contribution in [-0.4, -0.2) is 25.0 Å². The molecule has 10 heavy (non-hydrogen) atoms. The largest absolute Gasteiger partial charge is 0.295 e. The zero-order valence-electron chi connectivity index (χ0n) is 5.19. The van der Waals surface area contributed by atoms with E-state index in [1.165, 1.54) is 0 Å². The van der Waals surface area contributed by atoms with E-state index in [0.29, 0.717) is 19.4 Å². The van der Waals surface area contributed by atoms with E-state index in [4.69, 9.17) is 4.55 Å². The average Bonchev–Trinajstić information content (AvgIpc) is 1.88. The molecule has 1 aliphatic heterocycles. The van der Waals surface area contributed by atoms with Crippen molar-refractivity contribution in [2.45, 2.75) is 18.3 Å². The third kappa shape index (κ3) is 1.91. The lowest BCUT2D eigenvalue weighted by atomic mass is 10.3. The molecular formula is C4H8O5S. The molecule has 1 unspecified atom stereocenters. The fourth-order valence-corrected chi connectivity index (χ4v) is 1.30. The quantitative estimate of drug-likeness (QED) is 0.438. The minimum absolute atomic E-state index is 0.291. The number of rotatable bonds is 1. The fraction of sp³-hybridized carbons (Fsp3) is 1.00. The summed E-state index contributed by atoms with van der Waals surface area (Å²) in [7, 11) is -4.07. The first-order valence-corrected chi connectivity index (χ1v) is 4.35. The Kier molecular flexibility index (Phi) is 2.24. The van der Waals surface area contributed by atoms with Crippen LogP contribution in [0.1, 0.15) is 12.8 Å². The molecule has 0 aromatic heterocycles. The van der Waals surface area contributed by atoms with Gasteiger partial charge in [-0.05, 0) is 12.8 Å². The second-order valence-electron chi connectivity index (χ2n) is 2.00. The van der Waals surface area contributed by atoms with E-state index in [9.17, 15) is 8.42 Å². The van der Waals surface area contributed by atoms with Gasteiger partial charge >= 0.3 is 0 Å². The number of hydrogen-bond acceptors (Lipinski definition) is 4. The van der Waals surface area contributed by atoms with E-state index in [-0.39, 0.29) is 0 Å². The molecule has 5 nitrogen and oxygen atoms in total. The molecule has 0 aromatic rings. The first-order chi connectivity index (χ1) is 4.61. The van der Waals surface area contributed by atoms with E-state index in [0.717, 1.165) is 0 Å². The van der Waals surface area contributed by atoms with Gasteiger partial charge in [0.15, 0.2) is 0 Å². The third-order valence-corrected chi connectivity index (χ3v) is 2.15. The predicted molar refractivity (Wildman–Crippen MR) is 31.6 cm³/mol. The van der Waals surface area contributed by atoms with Crippen LogP contribution in [-0.2, 0) is 19.9 Å². The third-order valence-electron chi connectivity index (χ3n) is 1.18. The number of hydrogen-bond donors (Lipinski definition) is 1. The Morgan fingerprint density at radius 3 is 2.50 bits per heavy atom. The van der Waals surface area contributed by atoms with Crippen molar-refractivity contribution in [3.05, 3.63) is 0 Å². The SMILES string of the molecule is O=S(=O)(O)C1CCCOO1. The second-order valence-corrected chi connectivity index (χ2v) is 3.56. The molecule has 1 saturated heterocycles. The lowest BCUT2D eigenvalue weighted by Gasteiger charge is -2.17. The molecule has 1 N–H and O–H groups in total. The van der Waals surface area contributed by atoms with Gasteiger partial charge in [0.05, 0.1) is 6.61 Å². The maximum atomic E-state index is 10.3. The molecule has 1 aliphatic rings. The van der Waals surface area contributed by atoms with Gasteiger partial charge in [0.25, 0.3) is 10.1 Å². The molecule has 0 radical (unpaired) electrons. The molecule has 1 fully saturated rings. The minimum Gasteiger partial charge on any atom is -0.283 e. The van der Waals surface area contributed by atoms with Crippen LogP contribution >= 0.6 is 0 Å². The van der Waals surface area contributed by atoms with Crippen molar-refractivity contribution in [2.75, 3.05) is 6.61 Å². The molecule has 1 rings (SSSR count). The summed E-state index contributed by atoms with van der Waals surface area (Å²) in [6.45, 7) is 0.381. The zero-order valence-corrected chi connectivity index (χ0v) is 6.00. The Hall–Kier alpha value is -0.170. The fourth-order valence-electron chi connectivity index (χ4n) is 0.680. The summed E-state index contributed by atoms with van der Waals surface area (Å²) in [5, 5.41) is 0. The van der Waals surface area contributed by atoms with Crippen molar-refractivity contribution in [1.82, 2.24) is 0 Å². The highest BCUT2D eigenvalue weighted by Crippen LogP contribution is 2.14. The maximum absolute atomic E-state index is 10.3. The van der Waals surface area contributed by atoms with Crippen LogP contribution in [0.25, 0.3) is 0 Å². The summed E-state index contributed by atoms with van der Waals surface area (Å²) in [5.41, 5.74) is -1.19. The zero-order chi connectivity index (χ0) is 7.61. The summed E-state index contributed by atoms with van der Waals surface area (Å²) < 4.78 is 29.1. The van der Waals surface area contributed by atoms with Gasteiger partial charge in [0.1, 0.15) is 0 Å². The van der Waals surface area contributed by atoms with Crippen LogP contribution in [0.2, 0.25) is 0 Å². The summed E-state index contributed by atoms with van der Waals surface area (Å²) in [4.78, 5) is 8.67. The lowest BCUT2D eigenvalue weighted by Crippen LogP contribution is -2.28. The molecule has 60 valence electrons. The Morgan fingerprint density at radius 1 is 1.50 bits per heavy atom. The molecule has 6 heteroatoms. The summed E-state index contributed by atoms with van der Waals surface area (Å²) >= 11 is 0. The van der Waals surface area contributed by atoms with Crippen LogP contribution < -0.4 is 0 Å². The monoisotopic (exact) mass is 168 g/mol. The van der Waals surface area contributed by atoms with Gasteiger partial charge in [-0.2, -0.15) is 8.42 Å². The maximum Gasteiger partial charge on any atom is 0.295 e. The van der Waals surface area contributed by atoms with Gasteiger partial charge < -0.3 is 0 Å². The van der Waals surface area contributed by atoms with E-state index >= 15 is 0 Å². The molecular weight excluding hydrogens is 160 g/mol. The average molecular weight is 168 g/mol. The van der Waals surface area contributed by atoms with Gasteiger partial charge in [-0.15, -0.1) is 0 Å². The molecule has 0 amide bonds. The smallest absolute Gasteiger partial charge is 0.283 e. The van der Waals surface area contributed by atoms with E-state index in [2.05, 4.69) is 9.78 Å². The topological polar surface area (TPSA) is 72.8 Å². The van der Waals surface area contributed by atoms with E-state index in [1.54, 1.807) is 0 Å². The van der Waals surface area contributed by atoms with Gasteiger partial charge in [0, 0.05) is 0 Å². The predicted octanol–water partition coefficient (Wildman–Crippen LogP) is -0.0577. The Labute approximate surface area is 58.6 Å². The summed E-state index contributed by atoms with van der Waals surface area (Å²) in [6.07, 6.45) is 0.878. The highest BCUT2D eigenvalue weighted by atomic mass is 32.2. The molecule has 1 heterocycles. The Balaban J connectivity index is 2.56. The van der Waals surface area contributed by atoms with Crippen molar-refractivity contribution >= 4 is 10.1 Å². The first-order valence-electron chi connectivity index (χ1n) is 2.85. The van der Waals surface area contributed by atoms with Crippen LogP contribution in [0.5, 0.6) is 0 Å². The molecule has 1 atom stereocenters. The molecule has 0 aliphatic carbocycles. The molecule has 0 bridgehead atoms. The highest BCUT2D eigenvalue weighted by Gasteiger charge is 2.27. The second kappa shape index (κ2) is 2.83. The van der Waals surface area contributed by atoms with Crippen LogP contribution in [0, 0.1) is 0 Å². The van der Waals surface area contributed by atoms with Crippen molar-refractivity contribution < 1.29 is 22.7 Å². The van der Waals surface area contributed by atoms with Gasteiger partial charge in [-0.3, -0.25) is 4.55 Å². The van der Waals surface area contributed by atoms with Crippen molar-refractivity contribution in [3.8, 4) is 0 Å². The van der Waals surface area contributed by atoms with Gasteiger partial charge in [0.2, 0.25) is 5.44 Å². The summed E-state index contributed by atoms with van der Waals surface area (Å²) in [6, 6.07) is 0.